The summed E-state index contributed by atoms with van der Waals surface area (Å²) >= 11 is 3.08. The summed E-state index contributed by atoms with van der Waals surface area (Å²) < 4.78 is 1.32. The predicted octanol–water partition coefficient (Wildman–Crippen LogP) is 1.06. The van der Waals surface area contributed by atoms with Crippen LogP contribution in [0, 0.1) is 5.21 Å². The van der Waals surface area contributed by atoms with Crippen molar-refractivity contribution in [3.8, 4) is 0 Å². The molecule has 0 aliphatic heterocycles. The van der Waals surface area contributed by atoms with E-state index in [1.807, 2.05) is 0 Å². The fourth-order valence-electron chi connectivity index (χ4n) is 0.358. The molecule has 0 atom stereocenters. The van der Waals surface area contributed by atoms with Crippen molar-refractivity contribution in [2.75, 3.05) is 0 Å². The standard InChI is InChI=1S/C4H3BrN2O.BrH/c5-4-1-6-3-7(8)2-4;/h1-3H;1H. The molecule has 0 saturated carbocycles. The molecular formula is C4H4Br2N2O. The van der Waals surface area contributed by atoms with E-state index in [9.17, 15) is 5.21 Å². The normalized spacial score (nSPS) is 8.11. The molecule has 1 heterocycles. The molecule has 0 radical (unpaired) electrons. The molecule has 0 amide bonds. The second kappa shape index (κ2) is 3.79. The summed E-state index contributed by atoms with van der Waals surface area (Å²) in [6.45, 7) is 0. The molecule has 1 aromatic heterocycles. The van der Waals surface area contributed by atoms with Crippen LogP contribution in [0.1, 0.15) is 0 Å². The summed E-state index contributed by atoms with van der Waals surface area (Å²) in [5.41, 5.74) is 0. The highest BCUT2D eigenvalue weighted by Gasteiger charge is 1.88. The van der Waals surface area contributed by atoms with Gasteiger partial charge in [-0.2, -0.15) is 0 Å². The largest absolute Gasteiger partial charge is 0.711 e. The zero-order chi connectivity index (χ0) is 5.98. The van der Waals surface area contributed by atoms with Gasteiger partial charge in [-0.05, 0) is 15.9 Å². The van der Waals surface area contributed by atoms with Gasteiger partial charge in [-0.25, -0.2) is 4.73 Å². The van der Waals surface area contributed by atoms with Crippen LogP contribution in [0.3, 0.4) is 0 Å². The summed E-state index contributed by atoms with van der Waals surface area (Å²) in [7, 11) is 0. The van der Waals surface area contributed by atoms with E-state index in [1.54, 1.807) is 6.20 Å². The molecule has 0 N–H and O–H groups in total. The molecule has 0 aliphatic rings. The van der Waals surface area contributed by atoms with Crippen LogP contribution in [-0.2, 0) is 0 Å². The van der Waals surface area contributed by atoms with Crippen LogP contribution in [-0.4, -0.2) is 4.98 Å². The molecule has 1 aromatic rings. The third-order valence-electron chi connectivity index (χ3n) is 0.629. The van der Waals surface area contributed by atoms with E-state index in [4.69, 9.17) is 0 Å². The lowest BCUT2D eigenvalue weighted by Crippen LogP contribution is -2.24. The molecule has 0 aromatic carbocycles. The van der Waals surface area contributed by atoms with Crippen molar-refractivity contribution in [2.45, 2.75) is 0 Å². The molecule has 0 unspecified atom stereocenters. The topological polar surface area (TPSA) is 39.8 Å². The Bertz CT molecular complexity index is 176. The van der Waals surface area contributed by atoms with Crippen molar-refractivity contribution in [1.29, 1.82) is 0 Å². The van der Waals surface area contributed by atoms with E-state index in [0.717, 1.165) is 0 Å². The molecule has 0 aliphatic carbocycles. The van der Waals surface area contributed by atoms with Gasteiger partial charge >= 0.3 is 0 Å². The highest BCUT2D eigenvalue weighted by Crippen LogP contribution is 1.99. The Labute approximate surface area is 71.2 Å². The second-order valence-electron chi connectivity index (χ2n) is 1.27. The van der Waals surface area contributed by atoms with Crippen LogP contribution in [0.25, 0.3) is 0 Å². The van der Waals surface area contributed by atoms with Crippen molar-refractivity contribution in [2.24, 2.45) is 0 Å². The van der Waals surface area contributed by atoms with Crippen molar-refractivity contribution in [3.63, 3.8) is 0 Å². The molecule has 1 rings (SSSR count). The zero-order valence-corrected chi connectivity index (χ0v) is 7.62. The molecule has 50 valence electrons. The molecular weight excluding hydrogens is 252 g/mol. The summed E-state index contributed by atoms with van der Waals surface area (Å²) in [6.07, 6.45) is 4.12. The average Bonchev–Trinajstić information content (AvgIpc) is 1.64. The second-order valence-corrected chi connectivity index (χ2v) is 2.18. The number of hydrogen-bond donors (Lipinski definition) is 0. The zero-order valence-electron chi connectivity index (χ0n) is 4.32. The third kappa shape index (κ3) is 2.76. The Morgan fingerprint density at radius 3 is 2.67 bits per heavy atom. The highest BCUT2D eigenvalue weighted by atomic mass is 79.9. The molecule has 0 spiro atoms. The Balaban J connectivity index is 0.000000640. The van der Waals surface area contributed by atoms with Gasteiger partial charge in [0, 0.05) is 0 Å². The van der Waals surface area contributed by atoms with Gasteiger partial charge in [-0.15, -0.1) is 17.0 Å². The van der Waals surface area contributed by atoms with Gasteiger partial charge in [-0.3, -0.25) is 0 Å². The van der Waals surface area contributed by atoms with E-state index >= 15 is 0 Å². The quantitative estimate of drug-likeness (QED) is 0.514. The molecule has 3 nitrogen and oxygen atoms in total. The van der Waals surface area contributed by atoms with Gasteiger partial charge in [0.25, 0.3) is 6.33 Å². The number of aromatic nitrogens is 2. The molecule has 9 heavy (non-hydrogen) atoms. The number of nitrogens with zero attached hydrogens (tertiary/aromatic N) is 2. The van der Waals surface area contributed by atoms with Gasteiger partial charge in [0.1, 0.15) is 10.7 Å². The summed E-state index contributed by atoms with van der Waals surface area (Å²) in [4.78, 5) is 3.59. The first-order chi connectivity index (χ1) is 3.79. The number of halogens is 2. The monoisotopic (exact) mass is 254 g/mol. The minimum atomic E-state index is 0. The average molecular weight is 256 g/mol. The molecule has 0 saturated heterocycles. The lowest BCUT2D eigenvalue weighted by molar-refractivity contribution is -0.609. The van der Waals surface area contributed by atoms with Crippen LogP contribution in [0.4, 0.5) is 0 Å². The maximum Gasteiger partial charge on any atom is 0.289 e. The lowest BCUT2D eigenvalue weighted by atomic mass is 10.7. The van der Waals surface area contributed by atoms with Gasteiger partial charge in [0.05, 0.1) is 0 Å². The SMILES string of the molecule is Br.[O-][n+]1cncc(Br)c1. The minimum Gasteiger partial charge on any atom is -0.711 e. The maximum atomic E-state index is 10.3. The Kier molecular flexibility index (Phi) is 3.72. The third-order valence-corrected chi connectivity index (χ3v) is 1.04. The van der Waals surface area contributed by atoms with Crippen LogP contribution >= 0.6 is 32.9 Å². The Morgan fingerprint density at radius 2 is 2.33 bits per heavy atom. The fourth-order valence-corrected chi connectivity index (χ4v) is 0.678. The summed E-state index contributed by atoms with van der Waals surface area (Å²) in [6, 6.07) is 0. The van der Waals surface area contributed by atoms with Crippen LogP contribution < -0.4 is 4.73 Å². The van der Waals surface area contributed by atoms with Crippen LogP contribution in [0.5, 0.6) is 0 Å². The van der Waals surface area contributed by atoms with E-state index in [2.05, 4.69) is 20.9 Å². The van der Waals surface area contributed by atoms with E-state index in [0.29, 0.717) is 9.20 Å². The van der Waals surface area contributed by atoms with Crippen LogP contribution in [0.15, 0.2) is 23.2 Å². The maximum absolute atomic E-state index is 10.3. The molecule has 0 fully saturated rings. The van der Waals surface area contributed by atoms with Gasteiger partial charge in [0.2, 0.25) is 0 Å². The van der Waals surface area contributed by atoms with Crippen molar-refractivity contribution < 1.29 is 4.73 Å². The molecule has 0 bridgehead atoms. The van der Waals surface area contributed by atoms with Crippen LogP contribution in [0.2, 0.25) is 0 Å². The van der Waals surface area contributed by atoms with Gasteiger partial charge in [0.15, 0.2) is 6.20 Å². The Morgan fingerprint density at radius 1 is 1.67 bits per heavy atom. The van der Waals surface area contributed by atoms with E-state index < -0.39 is 0 Å². The minimum absolute atomic E-state index is 0. The van der Waals surface area contributed by atoms with Crippen molar-refractivity contribution >= 4 is 32.9 Å². The van der Waals surface area contributed by atoms with Crippen molar-refractivity contribution in [1.82, 2.24) is 4.98 Å². The lowest BCUT2D eigenvalue weighted by Gasteiger charge is -1.94. The number of rotatable bonds is 0. The summed E-state index contributed by atoms with van der Waals surface area (Å²) in [5.74, 6) is 0. The predicted molar refractivity (Wildman–Crippen MR) is 41.2 cm³/mol. The first-order valence-corrected chi connectivity index (χ1v) is 2.77. The first kappa shape index (κ1) is 8.84. The van der Waals surface area contributed by atoms with Crippen molar-refractivity contribution in [3.05, 3.63) is 28.4 Å². The fraction of sp³-hybridized carbons (Fsp3) is 0. The molecule has 5 heteroatoms. The first-order valence-electron chi connectivity index (χ1n) is 1.98. The summed E-state index contributed by atoms with van der Waals surface area (Å²) in [5, 5.41) is 10.3. The highest BCUT2D eigenvalue weighted by molar-refractivity contribution is 9.10. The van der Waals surface area contributed by atoms with E-state index in [-0.39, 0.29) is 17.0 Å². The Hall–Kier alpha value is -0.160. The van der Waals surface area contributed by atoms with E-state index in [1.165, 1.54) is 12.5 Å². The smallest absolute Gasteiger partial charge is 0.289 e. The van der Waals surface area contributed by atoms with Gasteiger partial charge in [-0.1, -0.05) is 4.98 Å². The van der Waals surface area contributed by atoms with Gasteiger partial charge < -0.3 is 5.21 Å². The number of hydrogen-bond acceptors (Lipinski definition) is 2.